The summed E-state index contributed by atoms with van der Waals surface area (Å²) in [6.45, 7) is 1.67. The summed E-state index contributed by atoms with van der Waals surface area (Å²) in [5.41, 5.74) is 7.34. The van der Waals surface area contributed by atoms with Gasteiger partial charge in [0.05, 0.1) is 5.56 Å². The molecule has 3 rings (SSSR count). The number of nitrogen functional groups attached to an aromatic ring is 1. The van der Waals surface area contributed by atoms with Gasteiger partial charge in [0, 0.05) is 5.69 Å². The molecule has 0 saturated carbocycles. The molecule has 0 aliphatic rings. The van der Waals surface area contributed by atoms with Crippen molar-refractivity contribution in [1.82, 2.24) is 15.0 Å². The number of aromatic nitrogens is 3. The van der Waals surface area contributed by atoms with E-state index in [-0.39, 0.29) is 29.9 Å². The molecule has 0 radical (unpaired) electrons. The fourth-order valence-corrected chi connectivity index (χ4v) is 2.23. The summed E-state index contributed by atoms with van der Waals surface area (Å²) in [5.74, 6) is -1.11. The summed E-state index contributed by atoms with van der Waals surface area (Å²) >= 11 is 0. The van der Waals surface area contributed by atoms with Crippen LogP contribution in [0.2, 0.25) is 0 Å². The van der Waals surface area contributed by atoms with E-state index >= 15 is 0 Å². The molecule has 0 amide bonds. The zero-order chi connectivity index (χ0) is 18.5. The molecule has 0 saturated heterocycles. The van der Waals surface area contributed by atoms with Gasteiger partial charge in [0.1, 0.15) is 5.82 Å². The Balaban J connectivity index is 1.73. The Morgan fingerprint density at radius 2 is 1.85 bits per heavy atom. The molecule has 0 bridgehead atoms. The Hall–Kier alpha value is -3.55. The van der Waals surface area contributed by atoms with Gasteiger partial charge in [0.15, 0.2) is 12.4 Å². The molecular weight excluding hydrogens is 337 g/mol. The number of nitrogens with two attached hydrogens (primary N) is 1. The van der Waals surface area contributed by atoms with E-state index in [9.17, 15) is 9.18 Å². The Morgan fingerprint density at radius 1 is 1.12 bits per heavy atom. The maximum absolute atomic E-state index is 13.6. The third-order valence-corrected chi connectivity index (χ3v) is 3.52. The molecule has 1 aromatic heterocycles. The first-order valence-electron chi connectivity index (χ1n) is 7.77. The van der Waals surface area contributed by atoms with E-state index in [1.54, 1.807) is 6.07 Å². The van der Waals surface area contributed by atoms with Gasteiger partial charge in [-0.05, 0) is 30.7 Å². The van der Waals surface area contributed by atoms with Crippen molar-refractivity contribution in [3.8, 4) is 0 Å². The van der Waals surface area contributed by atoms with Crippen molar-refractivity contribution in [3.63, 3.8) is 0 Å². The fraction of sp³-hybridized carbons (Fsp3) is 0.111. The molecule has 2 aromatic carbocycles. The van der Waals surface area contributed by atoms with E-state index in [0.29, 0.717) is 0 Å². The van der Waals surface area contributed by atoms with Gasteiger partial charge in [-0.2, -0.15) is 15.0 Å². The number of rotatable bonds is 5. The minimum Gasteiger partial charge on any atom is -0.454 e. The molecular formula is C18H16FN5O2. The number of carbonyl (C=O) groups is 1. The predicted octanol–water partition coefficient (Wildman–Crippen LogP) is 3.00. The number of aryl methyl sites for hydroxylation is 1. The number of carbonyl (C=O) groups excluding carboxylic acids is 1. The maximum atomic E-state index is 13.6. The third kappa shape index (κ3) is 4.10. The van der Waals surface area contributed by atoms with Gasteiger partial charge in [0.2, 0.25) is 11.9 Å². The molecule has 0 aliphatic heterocycles. The highest BCUT2D eigenvalue weighted by Gasteiger charge is 2.14. The van der Waals surface area contributed by atoms with Crippen molar-refractivity contribution >= 4 is 23.6 Å². The number of hydrogen-bond acceptors (Lipinski definition) is 7. The normalized spacial score (nSPS) is 10.4. The van der Waals surface area contributed by atoms with E-state index in [1.807, 2.05) is 31.2 Å². The zero-order valence-corrected chi connectivity index (χ0v) is 13.9. The van der Waals surface area contributed by atoms with Crippen LogP contribution in [0, 0.1) is 12.7 Å². The first kappa shape index (κ1) is 17.3. The van der Waals surface area contributed by atoms with Crippen LogP contribution in [0.3, 0.4) is 0 Å². The van der Waals surface area contributed by atoms with Gasteiger partial charge in [-0.3, -0.25) is 0 Å². The van der Waals surface area contributed by atoms with E-state index in [4.69, 9.17) is 10.5 Å². The number of esters is 1. The summed E-state index contributed by atoms with van der Waals surface area (Å²) in [6.07, 6.45) is 0. The van der Waals surface area contributed by atoms with E-state index in [2.05, 4.69) is 20.3 Å². The smallest absolute Gasteiger partial charge is 0.341 e. The number of benzene rings is 2. The van der Waals surface area contributed by atoms with Crippen molar-refractivity contribution in [2.75, 3.05) is 11.1 Å². The van der Waals surface area contributed by atoms with Crippen molar-refractivity contribution in [2.45, 2.75) is 13.5 Å². The van der Waals surface area contributed by atoms with Crippen LogP contribution >= 0.6 is 0 Å². The molecule has 0 atom stereocenters. The minimum atomic E-state index is -0.810. The molecule has 0 spiro atoms. The van der Waals surface area contributed by atoms with Crippen molar-refractivity contribution in [2.24, 2.45) is 0 Å². The Kier molecular flexibility index (Phi) is 5.02. The Bertz CT molecular complexity index is 948. The summed E-state index contributed by atoms with van der Waals surface area (Å²) in [4.78, 5) is 24.1. The van der Waals surface area contributed by atoms with E-state index < -0.39 is 11.8 Å². The lowest BCUT2D eigenvalue weighted by atomic mass is 10.2. The second-order valence-corrected chi connectivity index (χ2v) is 5.43. The van der Waals surface area contributed by atoms with Crippen LogP contribution in [0.5, 0.6) is 0 Å². The van der Waals surface area contributed by atoms with E-state index in [1.165, 1.54) is 18.2 Å². The van der Waals surface area contributed by atoms with Crippen LogP contribution in [0.15, 0.2) is 48.5 Å². The number of ether oxygens (including phenoxy) is 1. The van der Waals surface area contributed by atoms with Crippen LogP contribution in [0.4, 0.5) is 22.0 Å². The number of nitrogens with zero attached hydrogens (tertiary/aromatic N) is 3. The van der Waals surface area contributed by atoms with Crippen LogP contribution in [0.25, 0.3) is 0 Å². The van der Waals surface area contributed by atoms with Crippen LogP contribution in [0.1, 0.15) is 21.7 Å². The predicted molar refractivity (Wildman–Crippen MR) is 94.2 cm³/mol. The summed E-state index contributed by atoms with van der Waals surface area (Å²) in [5, 5.41) is 3.04. The summed E-state index contributed by atoms with van der Waals surface area (Å²) in [7, 11) is 0. The molecule has 7 nitrogen and oxygen atoms in total. The second-order valence-electron chi connectivity index (χ2n) is 5.43. The van der Waals surface area contributed by atoms with Crippen molar-refractivity contribution in [3.05, 3.63) is 71.3 Å². The van der Waals surface area contributed by atoms with Crippen molar-refractivity contribution < 1.29 is 13.9 Å². The van der Waals surface area contributed by atoms with Gasteiger partial charge in [-0.1, -0.05) is 30.3 Å². The van der Waals surface area contributed by atoms with Crippen LogP contribution in [-0.4, -0.2) is 20.9 Å². The number of nitrogens with one attached hydrogen (secondary N) is 1. The van der Waals surface area contributed by atoms with Gasteiger partial charge >= 0.3 is 5.97 Å². The Labute approximate surface area is 149 Å². The first-order valence-corrected chi connectivity index (χ1v) is 7.77. The lowest BCUT2D eigenvalue weighted by Gasteiger charge is -2.10. The molecule has 8 heteroatoms. The molecule has 1 heterocycles. The van der Waals surface area contributed by atoms with Gasteiger partial charge in [0.25, 0.3) is 0 Å². The molecule has 3 aromatic rings. The number of halogens is 1. The molecule has 26 heavy (non-hydrogen) atoms. The van der Waals surface area contributed by atoms with Gasteiger partial charge in [-0.25, -0.2) is 9.18 Å². The Morgan fingerprint density at radius 3 is 2.62 bits per heavy atom. The van der Waals surface area contributed by atoms with E-state index in [0.717, 1.165) is 11.3 Å². The summed E-state index contributed by atoms with van der Waals surface area (Å²) in [6, 6.07) is 13.1. The average molecular weight is 353 g/mol. The second kappa shape index (κ2) is 7.56. The molecule has 0 aliphatic carbocycles. The van der Waals surface area contributed by atoms with Crippen LogP contribution in [-0.2, 0) is 11.3 Å². The fourth-order valence-electron chi connectivity index (χ4n) is 2.23. The van der Waals surface area contributed by atoms with Gasteiger partial charge in [-0.15, -0.1) is 0 Å². The molecule has 0 unspecified atom stereocenters. The first-order chi connectivity index (χ1) is 12.5. The lowest BCUT2D eigenvalue weighted by Crippen LogP contribution is -2.12. The molecule has 3 N–H and O–H groups in total. The topological polar surface area (TPSA) is 103 Å². The number of anilines is 3. The molecule has 132 valence electrons. The largest absolute Gasteiger partial charge is 0.454 e. The number of hydrogen-bond donors (Lipinski definition) is 2. The zero-order valence-electron chi connectivity index (χ0n) is 13.9. The quantitative estimate of drug-likeness (QED) is 0.680. The third-order valence-electron chi connectivity index (χ3n) is 3.52. The average Bonchev–Trinajstić information content (AvgIpc) is 2.62. The minimum absolute atomic E-state index is 0.0203. The maximum Gasteiger partial charge on any atom is 0.341 e. The molecule has 0 fully saturated rings. The van der Waals surface area contributed by atoms with Crippen molar-refractivity contribution in [1.29, 1.82) is 0 Å². The highest BCUT2D eigenvalue weighted by Crippen LogP contribution is 2.18. The highest BCUT2D eigenvalue weighted by atomic mass is 19.1. The van der Waals surface area contributed by atoms with Crippen LogP contribution < -0.4 is 11.1 Å². The van der Waals surface area contributed by atoms with Gasteiger partial charge < -0.3 is 15.8 Å². The number of para-hydroxylation sites is 1. The summed E-state index contributed by atoms with van der Waals surface area (Å²) < 4.78 is 18.7. The highest BCUT2D eigenvalue weighted by molar-refractivity contribution is 5.89. The standard InChI is InChI=1S/C18H16FN5O2/c1-11-6-2-5-9-14(11)21-18-23-15(22-17(20)24-18)10-26-16(25)12-7-3-4-8-13(12)19/h2-9H,10H2,1H3,(H3,20,21,22,23,24). The SMILES string of the molecule is Cc1ccccc1Nc1nc(N)nc(COC(=O)c2ccccc2F)n1. The monoisotopic (exact) mass is 353 g/mol. The lowest BCUT2D eigenvalue weighted by molar-refractivity contribution is 0.0457.